The van der Waals surface area contributed by atoms with Crippen molar-refractivity contribution < 1.29 is 38.7 Å². The Morgan fingerprint density at radius 2 is 1.04 bits per heavy atom. The first kappa shape index (κ1) is 42.5. The molecule has 0 heterocycles. The van der Waals surface area contributed by atoms with E-state index >= 15 is 0 Å². The average Bonchev–Trinajstić information content (AvgIpc) is 2.95. The molecule has 0 aliphatic heterocycles. The van der Waals surface area contributed by atoms with Crippen molar-refractivity contribution in [3.05, 3.63) is 0 Å². The first-order valence-corrected chi connectivity index (χ1v) is 15.5. The molecule has 0 aromatic rings. The number of nitrogens with zero attached hydrogens (tertiary/aromatic N) is 1. The van der Waals surface area contributed by atoms with E-state index in [1.165, 1.54) is 13.8 Å². The second kappa shape index (κ2) is 20.6. The number of primary amides is 1. The summed E-state index contributed by atoms with van der Waals surface area (Å²) in [5.41, 5.74) is 16.1. The number of aliphatic hydroxyl groups excluding tert-OH is 1. The van der Waals surface area contributed by atoms with Crippen molar-refractivity contribution in [3.63, 3.8) is 0 Å². The number of guanidine groups is 1. The normalized spacial score (nSPS) is 14.9. The van der Waals surface area contributed by atoms with Gasteiger partial charge in [0.25, 0.3) is 0 Å². The Hall–Kier alpha value is -4.48. The SMILES string of the molecule is CC(=O)N[C@@H](CO)C(=O)N[C@H](C(=O)N[C@@H](CCCN=C(N)N)C(=O)N[C@H](C(=O)N[C@@H](C)C(=O)N[C@H](C(N)=O)C(C)C)C(C)C)C(C)C. The molecule has 6 atom stereocenters. The highest BCUT2D eigenvalue weighted by Gasteiger charge is 2.34. The molecule has 7 amide bonds. The Labute approximate surface area is 275 Å². The van der Waals surface area contributed by atoms with E-state index in [0.717, 1.165) is 0 Å². The molecule has 0 saturated carbocycles. The molecule has 0 spiro atoms. The third-order valence-electron chi connectivity index (χ3n) is 6.97. The smallest absolute Gasteiger partial charge is 0.245 e. The fraction of sp³-hybridized carbons (Fsp3) is 0.724. The number of aliphatic imine (C=N–C) groups is 1. The highest BCUT2D eigenvalue weighted by atomic mass is 16.3. The molecule has 18 heteroatoms. The van der Waals surface area contributed by atoms with Crippen LogP contribution in [0.4, 0.5) is 0 Å². The van der Waals surface area contributed by atoms with Gasteiger partial charge in [-0.05, 0) is 37.5 Å². The predicted octanol–water partition coefficient (Wildman–Crippen LogP) is -3.57. The minimum Gasteiger partial charge on any atom is -0.394 e. The zero-order valence-corrected chi connectivity index (χ0v) is 28.5. The summed E-state index contributed by atoms with van der Waals surface area (Å²) in [5, 5.41) is 24.6. The number of hydrogen-bond donors (Lipinski definition) is 10. The van der Waals surface area contributed by atoms with Gasteiger partial charge in [-0.25, -0.2) is 0 Å². The summed E-state index contributed by atoms with van der Waals surface area (Å²) in [5.74, 6) is -6.32. The van der Waals surface area contributed by atoms with Gasteiger partial charge < -0.3 is 54.2 Å². The highest BCUT2D eigenvalue weighted by molar-refractivity contribution is 5.97. The Balaban J connectivity index is 5.96. The molecule has 0 aromatic heterocycles. The highest BCUT2D eigenvalue weighted by Crippen LogP contribution is 2.09. The number of amides is 7. The van der Waals surface area contributed by atoms with Crippen molar-refractivity contribution >= 4 is 47.3 Å². The molecule has 0 aromatic carbocycles. The summed E-state index contributed by atoms with van der Waals surface area (Å²) >= 11 is 0. The first-order chi connectivity index (χ1) is 21.7. The Bertz CT molecular complexity index is 1140. The lowest BCUT2D eigenvalue weighted by Crippen LogP contribution is -2.61. The maximum atomic E-state index is 13.5. The molecular weight excluding hydrogens is 616 g/mol. The third-order valence-corrected chi connectivity index (χ3v) is 6.97. The number of rotatable bonds is 20. The number of hydrogen-bond acceptors (Lipinski definition) is 9. The maximum Gasteiger partial charge on any atom is 0.245 e. The van der Waals surface area contributed by atoms with Crippen LogP contribution in [-0.2, 0) is 33.6 Å². The fourth-order valence-corrected chi connectivity index (χ4v) is 4.26. The zero-order valence-electron chi connectivity index (χ0n) is 28.5. The monoisotopic (exact) mass is 670 g/mol. The van der Waals surface area contributed by atoms with Gasteiger partial charge in [-0.1, -0.05) is 41.5 Å². The minimum absolute atomic E-state index is 0.0349. The lowest BCUT2D eigenvalue weighted by atomic mass is 10.00. The number of nitrogens with two attached hydrogens (primary N) is 3. The third kappa shape index (κ3) is 15.6. The van der Waals surface area contributed by atoms with Crippen LogP contribution in [0.1, 0.15) is 68.2 Å². The first-order valence-electron chi connectivity index (χ1n) is 15.5. The van der Waals surface area contributed by atoms with E-state index in [0.29, 0.717) is 0 Å². The summed E-state index contributed by atoms with van der Waals surface area (Å²) in [4.78, 5) is 92.5. The number of carbonyl (C=O) groups excluding carboxylic acids is 7. The van der Waals surface area contributed by atoms with Crippen LogP contribution in [-0.4, -0.2) is 102 Å². The van der Waals surface area contributed by atoms with E-state index in [9.17, 15) is 38.7 Å². The quantitative estimate of drug-likeness (QED) is 0.0345. The second-order valence-electron chi connectivity index (χ2n) is 12.3. The van der Waals surface area contributed by atoms with Crippen LogP contribution < -0.4 is 49.1 Å². The number of carbonyl (C=O) groups is 7. The van der Waals surface area contributed by atoms with Crippen LogP contribution in [0.3, 0.4) is 0 Å². The topological polar surface area (TPSA) is 302 Å². The molecule has 0 aliphatic rings. The summed E-state index contributed by atoms with van der Waals surface area (Å²) in [6.45, 7) is 12.0. The molecule has 0 bridgehead atoms. The maximum absolute atomic E-state index is 13.5. The summed E-state index contributed by atoms with van der Waals surface area (Å²) in [6.07, 6.45) is 0.282. The van der Waals surface area contributed by atoms with E-state index in [1.54, 1.807) is 41.5 Å². The molecule has 0 aliphatic carbocycles. The van der Waals surface area contributed by atoms with Crippen LogP contribution in [0.15, 0.2) is 4.99 Å². The van der Waals surface area contributed by atoms with Gasteiger partial charge in [0.15, 0.2) is 5.96 Å². The Morgan fingerprint density at radius 1 is 0.596 bits per heavy atom. The van der Waals surface area contributed by atoms with Crippen molar-refractivity contribution in [1.29, 1.82) is 0 Å². The predicted molar refractivity (Wildman–Crippen MR) is 174 cm³/mol. The van der Waals surface area contributed by atoms with Gasteiger partial charge in [-0.2, -0.15) is 0 Å². The Kier molecular flexibility index (Phi) is 18.6. The Morgan fingerprint density at radius 3 is 1.45 bits per heavy atom. The van der Waals surface area contributed by atoms with Crippen LogP contribution in [0.2, 0.25) is 0 Å². The molecule has 0 fully saturated rings. The molecule has 18 nitrogen and oxygen atoms in total. The van der Waals surface area contributed by atoms with Gasteiger partial charge in [0.05, 0.1) is 6.61 Å². The second-order valence-corrected chi connectivity index (χ2v) is 12.3. The van der Waals surface area contributed by atoms with Gasteiger partial charge in [-0.15, -0.1) is 0 Å². The van der Waals surface area contributed by atoms with E-state index in [4.69, 9.17) is 17.2 Å². The van der Waals surface area contributed by atoms with Crippen molar-refractivity contribution in [2.24, 2.45) is 39.9 Å². The van der Waals surface area contributed by atoms with Gasteiger partial charge in [-0.3, -0.25) is 38.6 Å². The van der Waals surface area contributed by atoms with Crippen molar-refractivity contribution in [3.8, 4) is 0 Å². The van der Waals surface area contributed by atoms with E-state index in [2.05, 4.69) is 36.9 Å². The van der Waals surface area contributed by atoms with E-state index < -0.39 is 96.0 Å². The van der Waals surface area contributed by atoms with Crippen LogP contribution in [0.25, 0.3) is 0 Å². The molecule has 268 valence electrons. The van der Waals surface area contributed by atoms with Crippen molar-refractivity contribution in [1.82, 2.24) is 31.9 Å². The van der Waals surface area contributed by atoms with Crippen molar-refractivity contribution in [2.45, 2.75) is 104 Å². The largest absolute Gasteiger partial charge is 0.394 e. The minimum atomic E-state index is -1.30. The average molecular weight is 671 g/mol. The fourth-order valence-electron chi connectivity index (χ4n) is 4.26. The number of aliphatic hydroxyl groups is 1. The molecule has 0 rings (SSSR count). The molecule has 0 radical (unpaired) electrons. The standard InChI is InChI=1S/C29H54N10O8/c1-13(2)20(23(30)42)37-24(43)16(7)34-27(46)21(14(3)4)38-25(44)18(10-9-11-33-29(31)32)36-28(47)22(15(5)6)39-26(45)19(12-40)35-17(8)41/h13-16,18-22,40H,9-12H2,1-8H3,(H2,30,42)(H,34,46)(H,35,41)(H,36,47)(H,37,43)(H,38,44)(H,39,45)(H4,31,32,33)/t16-,18-,19-,20-,21-,22-/m0/s1. The lowest BCUT2D eigenvalue weighted by Gasteiger charge is -2.29. The van der Waals surface area contributed by atoms with Gasteiger partial charge in [0.1, 0.15) is 36.3 Å². The van der Waals surface area contributed by atoms with E-state index in [-0.39, 0.29) is 31.3 Å². The van der Waals surface area contributed by atoms with Crippen LogP contribution in [0, 0.1) is 17.8 Å². The van der Waals surface area contributed by atoms with Gasteiger partial charge in [0.2, 0.25) is 41.4 Å². The molecule has 0 unspecified atom stereocenters. The van der Waals surface area contributed by atoms with Gasteiger partial charge >= 0.3 is 0 Å². The van der Waals surface area contributed by atoms with Crippen LogP contribution in [0.5, 0.6) is 0 Å². The number of nitrogens with one attached hydrogen (secondary N) is 6. The van der Waals surface area contributed by atoms with Crippen LogP contribution >= 0.6 is 0 Å². The van der Waals surface area contributed by atoms with Crippen molar-refractivity contribution in [2.75, 3.05) is 13.2 Å². The molecular formula is C29H54N10O8. The lowest BCUT2D eigenvalue weighted by molar-refractivity contribution is -0.136. The van der Waals surface area contributed by atoms with E-state index in [1.807, 2.05) is 0 Å². The summed E-state index contributed by atoms with van der Waals surface area (Å²) < 4.78 is 0. The zero-order chi connectivity index (χ0) is 36.6. The molecule has 0 saturated heterocycles. The molecule has 47 heavy (non-hydrogen) atoms. The summed E-state index contributed by atoms with van der Waals surface area (Å²) in [7, 11) is 0. The summed E-state index contributed by atoms with van der Waals surface area (Å²) in [6, 6.07) is -6.87. The van der Waals surface area contributed by atoms with Gasteiger partial charge in [0, 0.05) is 13.5 Å². The molecule has 13 N–H and O–H groups in total.